The Bertz CT molecular complexity index is 584. The highest BCUT2D eigenvalue weighted by Gasteiger charge is 2.25. The van der Waals surface area contributed by atoms with Crippen LogP contribution in [0.1, 0.15) is 44.1 Å². The smallest absolute Gasteiger partial charge is 0.134 e. The molecule has 0 bridgehead atoms. The fourth-order valence-electron chi connectivity index (χ4n) is 3.18. The van der Waals surface area contributed by atoms with Crippen molar-refractivity contribution in [3.63, 3.8) is 0 Å². The average molecular weight is 273 g/mol. The molecule has 20 heavy (non-hydrogen) atoms. The second-order valence-electron chi connectivity index (χ2n) is 5.82. The molecule has 1 fully saturated rings. The highest BCUT2D eigenvalue weighted by molar-refractivity contribution is 5.82. The number of fused-ring (bicyclic) bond motifs is 1. The van der Waals surface area contributed by atoms with Crippen LogP contribution < -0.4 is 5.32 Å². The lowest BCUT2D eigenvalue weighted by molar-refractivity contribution is 0.0795. The highest BCUT2D eigenvalue weighted by atomic mass is 16.5. The predicted octanol–water partition coefficient (Wildman–Crippen LogP) is 3.96. The van der Waals surface area contributed by atoms with Crippen LogP contribution in [0.4, 0.5) is 0 Å². The maximum atomic E-state index is 6.02. The van der Waals surface area contributed by atoms with E-state index in [1.165, 1.54) is 17.4 Å². The van der Waals surface area contributed by atoms with Gasteiger partial charge in [-0.05, 0) is 45.2 Å². The van der Waals surface area contributed by atoms with E-state index in [2.05, 4.69) is 38.2 Å². The predicted molar refractivity (Wildman–Crippen MR) is 80.9 cm³/mol. The number of hydrogen-bond acceptors (Lipinski definition) is 3. The van der Waals surface area contributed by atoms with Crippen molar-refractivity contribution in [3.05, 3.63) is 35.6 Å². The number of aryl methyl sites for hydroxylation is 1. The quantitative estimate of drug-likeness (QED) is 0.915. The number of rotatable bonds is 4. The van der Waals surface area contributed by atoms with Gasteiger partial charge in [0.05, 0.1) is 12.1 Å². The summed E-state index contributed by atoms with van der Waals surface area (Å²) in [5.41, 5.74) is 2.21. The van der Waals surface area contributed by atoms with E-state index in [0.29, 0.717) is 12.1 Å². The number of hydrogen-bond donors (Lipinski definition) is 1. The summed E-state index contributed by atoms with van der Waals surface area (Å²) in [7, 11) is 0. The molecule has 3 nitrogen and oxygen atoms in total. The lowest BCUT2D eigenvalue weighted by Crippen LogP contribution is -2.38. The van der Waals surface area contributed by atoms with Gasteiger partial charge in [-0.3, -0.25) is 0 Å². The van der Waals surface area contributed by atoms with E-state index in [9.17, 15) is 0 Å². The third-order valence-corrected chi connectivity index (χ3v) is 4.31. The standard InChI is InChI=1S/C17H23NO2/c1-11-14-7-4-5-8-16(14)20-17(11)13(3)18-12(2)15-9-6-10-19-15/h4-5,7-8,12-13,15,18H,6,9-10H2,1-3H3. The second kappa shape index (κ2) is 5.58. The van der Waals surface area contributed by atoms with E-state index in [0.717, 1.165) is 24.4 Å². The summed E-state index contributed by atoms with van der Waals surface area (Å²) in [6.45, 7) is 7.39. The normalized spacial score (nSPS) is 22.2. The van der Waals surface area contributed by atoms with E-state index in [-0.39, 0.29) is 6.04 Å². The Balaban J connectivity index is 1.78. The Hall–Kier alpha value is -1.32. The van der Waals surface area contributed by atoms with E-state index in [4.69, 9.17) is 9.15 Å². The van der Waals surface area contributed by atoms with E-state index in [1.54, 1.807) is 0 Å². The summed E-state index contributed by atoms with van der Waals surface area (Å²) in [6, 6.07) is 8.77. The molecule has 3 rings (SSSR count). The van der Waals surface area contributed by atoms with Crippen LogP contribution in [0.15, 0.2) is 28.7 Å². The van der Waals surface area contributed by atoms with Gasteiger partial charge >= 0.3 is 0 Å². The Morgan fingerprint density at radius 3 is 2.75 bits per heavy atom. The van der Waals surface area contributed by atoms with Gasteiger partial charge in [-0.1, -0.05) is 18.2 Å². The largest absolute Gasteiger partial charge is 0.459 e. The van der Waals surface area contributed by atoms with Crippen LogP contribution >= 0.6 is 0 Å². The molecule has 2 heterocycles. The number of ether oxygens (including phenoxy) is 1. The summed E-state index contributed by atoms with van der Waals surface area (Å²) < 4.78 is 11.8. The molecule has 0 radical (unpaired) electrons. The molecule has 1 aliphatic heterocycles. The summed E-state index contributed by atoms with van der Waals surface area (Å²) >= 11 is 0. The Kier molecular flexibility index (Phi) is 3.81. The SMILES string of the molecule is Cc1c(C(C)NC(C)C2CCCO2)oc2ccccc12. The van der Waals surface area contributed by atoms with Crippen molar-refractivity contribution < 1.29 is 9.15 Å². The second-order valence-corrected chi connectivity index (χ2v) is 5.82. The highest BCUT2D eigenvalue weighted by Crippen LogP contribution is 2.29. The topological polar surface area (TPSA) is 34.4 Å². The van der Waals surface area contributed by atoms with Gasteiger partial charge in [-0.25, -0.2) is 0 Å². The van der Waals surface area contributed by atoms with Gasteiger partial charge in [0.25, 0.3) is 0 Å². The maximum absolute atomic E-state index is 6.02. The van der Waals surface area contributed by atoms with Crippen molar-refractivity contribution in [2.24, 2.45) is 0 Å². The molecule has 1 aromatic carbocycles. The van der Waals surface area contributed by atoms with Crippen molar-refractivity contribution in [2.75, 3.05) is 6.61 Å². The van der Waals surface area contributed by atoms with Crippen LogP contribution in [0.5, 0.6) is 0 Å². The first-order valence-electron chi connectivity index (χ1n) is 7.52. The molecule has 3 atom stereocenters. The summed E-state index contributed by atoms with van der Waals surface area (Å²) in [5.74, 6) is 1.04. The first-order valence-corrected chi connectivity index (χ1v) is 7.52. The molecular weight excluding hydrogens is 250 g/mol. The molecule has 3 heteroatoms. The number of benzene rings is 1. The Morgan fingerprint density at radius 2 is 2.05 bits per heavy atom. The number of nitrogens with one attached hydrogen (secondary N) is 1. The third kappa shape index (κ3) is 2.48. The van der Waals surface area contributed by atoms with E-state index < -0.39 is 0 Å². The fourth-order valence-corrected chi connectivity index (χ4v) is 3.18. The first-order chi connectivity index (χ1) is 9.66. The minimum Gasteiger partial charge on any atom is -0.459 e. The molecule has 1 N–H and O–H groups in total. The van der Waals surface area contributed by atoms with E-state index in [1.807, 2.05) is 12.1 Å². The van der Waals surface area contributed by atoms with Gasteiger partial charge < -0.3 is 14.5 Å². The summed E-state index contributed by atoms with van der Waals surface area (Å²) in [6.07, 6.45) is 2.66. The lowest BCUT2D eigenvalue weighted by atomic mass is 10.1. The average Bonchev–Trinajstić information content (AvgIpc) is 3.07. The van der Waals surface area contributed by atoms with Gasteiger partial charge in [0.1, 0.15) is 11.3 Å². The molecule has 108 valence electrons. The molecule has 1 aliphatic rings. The van der Waals surface area contributed by atoms with Gasteiger partial charge in [0.15, 0.2) is 0 Å². The summed E-state index contributed by atoms with van der Waals surface area (Å²) in [4.78, 5) is 0. The molecule has 2 aromatic rings. The van der Waals surface area contributed by atoms with Crippen molar-refractivity contribution >= 4 is 11.0 Å². The van der Waals surface area contributed by atoms with Crippen LogP contribution in [0.2, 0.25) is 0 Å². The van der Waals surface area contributed by atoms with Crippen molar-refractivity contribution in [3.8, 4) is 0 Å². The van der Waals surface area contributed by atoms with Gasteiger partial charge in [-0.2, -0.15) is 0 Å². The molecule has 0 saturated carbocycles. The molecule has 1 aromatic heterocycles. The Morgan fingerprint density at radius 1 is 1.25 bits per heavy atom. The lowest BCUT2D eigenvalue weighted by Gasteiger charge is -2.23. The molecular formula is C17H23NO2. The fraction of sp³-hybridized carbons (Fsp3) is 0.529. The maximum Gasteiger partial charge on any atom is 0.134 e. The van der Waals surface area contributed by atoms with Crippen LogP contribution in [-0.4, -0.2) is 18.8 Å². The first kappa shape index (κ1) is 13.7. The number of furan rings is 1. The zero-order valence-corrected chi connectivity index (χ0v) is 12.5. The van der Waals surface area contributed by atoms with E-state index >= 15 is 0 Å². The van der Waals surface area contributed by atoms with Crippen LogP contribution in [0.25, 0.3) is 11.0 Å². The van der Waals surface area contributed by atoms with Gasteiger partial charge in [0.2, 0.25) is 0 Å². The van der Waals surface area contributed by atoms with Gasteiger partial charge in [-0.15, -0.1) is 0 Å². The van der Waals surface area contributed by atoms with Crippen LogP contribution in [0, 0.1) is 6.92 Å². The van der Waals surface area contributed by atoms with Crippen molar-refractivity contribution in [1.82, 2.24) is 5.32 Å². The van der Waals surface area contributed by atoms with Crippen molar-refractivity contribution in [1.29, 1.82) is 0 Å². The summed E-state index contributed by atoms with van der Waals surface area (Å²) in [5, 5.41) is 4.83. The minimum atomic E-state index is 0.196. The molecule has 1 saturated heterocycles. The zero-order chi connectivity index (χ0) is 14.1. The van der Waals surface area contributed by atoms with Crippen LogP contribution in [-0.2, 0) is 4.74 Å². The Labute approximate surface area is 120 Å². The minimum absolute atomic E-state index is 0.196. The molecule has 0 aliphatic carbocycles. The van der Waals surface area contributed by atoms with Gasteiger partial charge in [0, 0.05) is 18.0 Å². The van der Waals surface area contributed by atoms with Crippen LogP contribution in [0.3, 0.4) is 0 Å². The molecule has 0 spiro atoms. The molecule has 0 amide bonds. The third-order valence-electron chi connectivity index (χ3n) is 4.31. The zero-order valence-electron chi connectivity index (χ0n) is 12.5. The molecule has 3 unspecified atom stereocenters. The number of para-hydroxylation sites is 1. The van der Waals surface area contributed by atoms with Crippen molar-refractivity contribution in [2.45, 2.75) is 51.8 Å². The monoisotopic (exact) mass is 273 g/mol.